The van der Waals surface area contributed by atoms with Crippen LogP contribution in [0.2, 0.25) is 0 Å². The Kier molecular flexibility index (Phi) is 5.55. The van der Waals surface area contributed by atoms with E-state index in [4.69, 9.17) is 0 Å². The van der Waals surface area contributed by atoms with Crippen LogP contribution in [-0.2, 0) is 6.42 Å². The summed E-state index contributed by atoms with van der Waals surface area (Å²) in [5, 5.41) is 19.3. The van der Waals surface area contributed by atoms with Gasteiger partial charge in [0.05, 0.1) is 22.3 Å². The Morgan fingerprint density at radius 3 is 2.65 bits per heavy atom. The molecule has 4 aromatic rings. The summed E-state index contributed by atoms with van der Waals surface area (Å²) in [5.74, 6) is -0.720. The third kappa shape index (κ3) is 4.06. The number of carbonyl (C=O) groups is 1. The van der Waals surface area contributed by atoms with Crippen molar-refractivity contribution in [3.05, 3.63) is 81.8 Å². The van der Waals surface area contributed by atoms with Crippen LogP contribution in [0, 0.1) is 6.92 Å². The fraction of sp³-hybridized carbons (Fsp3) is 0.174. The van der Waals surface area contributed by atoms with E-state index >= 15 is 0 Å². The molecule has 0 amide bonds. The lowest BCUT2D eigenvalue weighted by molar-refractivity contribution is 0.0697. The molecule has 0 bridgehead atoms. The van der Waals surface area contributed by atoms with Gasteiger partial charge in [-0.2, -0.15) is 0 Å². The number of rotatable bonds is 7. The highest BCUT2D eigenvalue weighted by Gasteiger charge is 2.20. The van der Waals surface area contributed by atoms with E-state index in [1.807, 2.05) is 30.3 Å². The maximum atomic E-state index is 12.8. The van der Waals surface area contributed by atoms with Crippen LogP contribution in [0.3, 0.4) is 0 Å². The number of imidazole rings is 1. The molecule has 2 heterocycles. The van der Waals surface area contributed by atoms with Gasteiger partial charge in [-0.3, -0.25) is 4.79 Å². The van der Waals surface area contributed by atoms with Crippen molar-refractivity contribution in [1.82, 2.24) is 15.0 Å². The topological polar surface area (TPSA) is 122 Å². The second-order valence-electron chi connectivity index (χ2n) is 7.29. The Bertz CT molecular complexity index is 1290. The minimum Gasteiger partial charge on any atom is -0.478 e. The Morgan fingerprint density at radius 1 is 1.16 bits per heavy atom. The van der Waals surface area contributed by atoms with Gasteiger partial charge in [0.25, 0.3) is 5.56 Å². The normalized spacial score (nSPS) is 11.0. The number of aromatic carboxylic acids is 1. The van der Waals surface area contributed by atoms with E-state index in [9.17, 15) is 19.8 Å². The summed E-state index contributed by atoms with van der Waals surface area (Å²) in [7, 11) is 0. The van der Waals surface area contributed by atoms with Gasteiger partial charge in [-0.1, -0.05) is 30.3 Å². The fourth-order valence-electron chi connectivity index (χ4n) is 3.67. The molecule has 4 N–H and O–H groups in total. The van der Waals surface area contributed by atoms with Crippen LogP contribution < -0.4 is 10.5 Å². The molecular weight excluding hydrogens is 396 g/mol. The fourth-order valence-corrected chi connectivity index (χ4v) is 3.67. The molecule has 0 spiro atoms. The Morgan fingerprint density at radius 2 is 1.94 bits per heavy atom. The molecule has 2 aromatic carbocycles. The second-order valence-corrected chi connectivity index (χ2v) is 7.29. The first-order valence-corrected chi connectivity index (χ1v) is 9.83. The van der Waals surface area contributed by atoms with Gasteiger partial charge in [0.2, 0.25) is 0 Å². The molecule has 0 unspecified atom stereocenters. The van der Waals surface area contributed by atoms with E-state index in [-0.39, 0.29) is 23.4 Å². The minimum absolute atomic E-state index is 0.141. The van der Waals surface area contributed by atoms with Crippen molar-refractivity contribution < 1.29 is 15.0 Å². The van der Waals surface area contributed by atoms with Gasteiger partial charge in [0.15, 0.2) is 0 Å². The highest BCUT2D eigenvalue weighted by Crippen LogP contribution is 2.28. The van der Waals surface area contributed by atoms with Crippen molar-refractivity contribution in [1.29, 1.82) is 0 Å². The van der Waals surface area contributed by atoms with Gasteiger partial charge < -0.3 is 25.1 Å². The van der Waals surface area contributed by atoms with E-state index < -0.39 is 5.97 Å². The van der Waals surface area contributed by atoms with Gasteiger partial charge in [0.1, 0.15) is 18.1 Å². The first-order chi connectivity index (χ1) is 15.0. The number of benzene rings is 2. The number of carboxylic acids is 1. The molecule has 0 aliphatic heterocycles. The Labute approximate surface area is 177 Å². The van der Waals surface area contributed by atoms with Crippen LogP contribution in [0.15, 0.2) is 59.5 Å². The number of anilines is 1. The summed E-state index contributed by atoms with van der Waals surface area (Å²) in [5.41, 5.74) is 3.54. The zero-order chi connectivity index (χ0) is 22.0. The molecule has 0 atom stereocenters. The number of aromatic amines is 2. The number of H-pyrrole nitrogens is 2. The van der Waals surface area contributed by atoms with Crippen LogP contribution in [0.5, 0.6) is 0 Å². The number of nitrogens with zero attached hydrogens (tertiary/aromatic N) is 2. The molecule has 8 heteroatoms. The summed E-state index contributed by atoms with van der Waals surface area (Å²) >= 11 is 0. The lowest BCUT2D eigenvalue weighted by Gasteiger charge is -2.23. The third-order valence-electron chi connectivity index (χ3n) is 5.22. The summed E-state index contributed by atoms with van der Waals surface area (Å²) in [4.78, 5) is 36.1. The van der Waals surface area contributed by atoms with Crippen molar-refractivity contribution >= 4 is 22.7 Å². The summed E-state index contributed by atoms with van der Waals surface area (Å²) in [6.07, 6.45) is 2.22. The molecule has 0 aliphatic rings. The Hall–Kier alpha value is -3.91. The van der Waals surface area contributed by atoms with Crippen LogP contribution in [0.1, 0.15) is 21.5 Å². The van der Waals surface area contributed by atoms with Gasteiger partial charge in [-0.15, -0.1) is 0 Å². The summed E-state index contributed by atoms with van der Waals surface area (Å²) in [6, 6.07) is 14.6. The third-order valence-corrected chi connectivity index (χ3v) is 5.22. The quantitative estimate of drug-likeness (QED) is 0.342. The highest BCUT2D eigenvalue weighted by atomic mass is 16.4. The van der Waals surface area contributed by atoms with E-state index in [0.717, 1.165) is 5.56 Å². The molecule has 0 saturated heterocycles. The molecule has 0 aliphatic carbocycles. The number of aromatic nitrogens is 3. The Balaban J connectivity index is 1.76. The van der Waals surface area contributed by atoms with E-state index in [1.165, 1.54) is 12.3 Å². The van der Waals surface area contributed by atoms with E-state index in [2.05, 4.69) is 15.0 Å². The lowest BCUT2D eigenvalue weighted by atomic mass is 10.1. The predicted octanol–water partition coefficient (Wildman–Crippen LogP) is 2.92. The largest absolute Gasteiger partial charge is 0.478 e. The first kappa shape index (κ1) is 20.4. The molecule has 158 valence electrons. The molecule has 4 rings (SSSR count). The number of hydrogen-bond donors (Lipinski definition) is 4. The average Bonchev–Trinajstić information content (AvgIpc) is 3.19. The number of aliphatic hydroxyl groups is 1. The van der Waals surface area contributed by atoms with Crippen LogP contribution in [-0.4, -0.2) is 44.4 Å². The molecule has 0 fully saturated rings. The highest BCUT2D eigenvalue weighted by molar-refractivity contribution is 5.94. The monoisotopic (exact) mass is 418 g/mol. The SMILES string of the molecule is Cc1cc(C(=O)O)cc2[nH]c(-c3c(N(CO)CCc4ccccc4)cc[nH]c3=O)nc12. The standard InChI is InChI=1S/C23H22N4O4/c1-14-11-16(23(30)31)12-17-20(14)26-21(25-17)19-18(7-9-24-22(19)29)27(13-28)10-8-15-5-3-2-4-6-15/h2-7,9,11-12,28H,8,10,13H2,1H3,(H,24,29)(H,25,26)(H,30,31). The molecule has 0 radical (unpaired) electrons. The molecule has 8 nitrogen and oxygen atoms in total. The number of fused-ring (bicyclic) bond motifs is 1. The summed E-state index contributed by atoms with van der Waals surface area (Å²) in [6.45, 7) is 2.00. The van der Waals surface area contributed by atoms with Crippen LogP contribution in [0.4, 0.5) is 5.69 Å². The number of hydrogen-bond acceptors (Lipinski definition) is 5. The smallest absolute Gasteiger partial charge is 0.335 e. The van der Waals surface area contributed by atoms with Crippen LogP contribution in [0.25, 0.3) is 22.4 Å². The zero-order valence-corrected chi connectivity index (χ0v) is 16.9. The van der Waals surface area contributed by atoms with E-state index in [0.29, 0.717) is 41.1 Å². The molecule has 31 heavy (non-hydrogen) atoms. The predicted molar refractivity (Wildman–Crippen MR) is 118 cm³/mol. The second kappa shape index (κ2) is 8.45. The van der Waals surface area contributed by atoms with Crippen LogP contribution >= 0.6 is 0 Å². The zero-order valence-electron chi connectivity index (χ0n) is 16.9. The van der Waals surface area contributed by atoms with E-state index in [1.54, 1.807) is 24.0 Å². The molecule has 0 saturated carbocycles. The van der Waals surface area contributed by atoms with Crippen molar-refractivity contribution in [3.63, 3.8) is 0 Å². The first-order valence-electron chi connectivity index (χ1n) is 9.83. The van der Waals surface area contributed by atoms with Crippen molar-refractivity contribution in [2.24, 2.45) is 0 Å². The number of aliphatic hydroxyl groups excluding tert-OH is 1. The van der Waals surface area contributed by atoms with Crippen molar-refractivity contribution in [3.8, 4) is 11.4 Å². The lowest BCUT2D eigenvalue weighted by Crippen LogP contribution is -2.29. The molecular formula is C23H22N4O4. The number of carboxylic acid groups (broad SMARTS) is 1. The molecule has 2 aromatic heterocycles. The van der Waals surface area contributed by atoms with Gasteiger partial charge >= 0.3 is 5.97 Å². The maximum absolute atomic E-state index is 12.8. The number of pyridine rings is 1. The van der Waals surface area contributed by atoms with Gasteiger partial charge in [-0.05, 0) is 42.7 Å². The number of nitrogens with one attached hydrogen (secondary N) is 2. The van der Waals surface area contributed by atoms with Gasteiger partial charge in [-0.25, -0.2) is 9.78 Å². The summed E-state index contributed by atoms with van der Waals surface area (Å²) < 4.78 is 0. The van der Waals surface area contributed by atoms with Crippen molar-refractivity contribution in [2.45, 2.75) is 13.3 Å². The average molecular weight is 418 g/mol. The van der Waals surface area contributed by atoms with Gasteiger partial charge in [0, 0.05) is 12.7 Å². The number of aryl methyl sites for hydroxylation is 1. The van der Waals surface area contributed by atoms with Crippen molar-refractivity contribution in [2.75, 3.05) is 18.2 Å². The minimum atomic E-state index is -1.04. The maximum Gasteiger partial charge on any atom is 0.335 e.